The number of hydrogen-bond donors (Lipinski definition) is 1. The number of aliphatic carboxylic acids is 1. The molecule has 0 aliphatic heterocycles. The number of carbonyl (C=O) groups is 1. The van der Waals surface area contributed by atoms with Gasteiger partial charge < -0.3 is 5.11 Å². The first-order valence-electron chi connectivity index (χ1n) is 4.56. The van der Waals surface area contributed by atoms with E-state index in [1.54, 1.807) is 0 Å². The molecule has 0 fully saturated rings. The Bertz CT molecular complexity index is 390. The monoisotopic (exact) mass is 233 g/mol. The number of hydrogen-bond acceptors (Lipinski definition) is 2. The fourth-order valence-corrected chi connectivity index (χ4v) is 1.24. The van der Waals surface area contributed by atoms with E-state index in [2.05, 4.69) is 4.98 Å². The molecule has 1 heterocycles. The predicted molar refractivity (Wildman–Crippen MR) is 49.7 cm³/mol. The maximum Gasteiger partial charge on any atom is 0.418 e. The summed E-state index contributed by atoms with van der Waals surface area (Å²) in [4.78, 5) is 14.1. The number of pyridine rings is 1. The van der Waals surface area contributed by atoms with Crippen molar-refractivity contribution < 1.29 is 23.1 Å². The molecule has 0 bridgehead atoms. The van der Waals surface area contributed by atoms with E-state index < -0.39 is 23.6 Å². The van der Waals surface area contributed by atoms with Gasteiger partial charge in [0.05, 0.1) is 17.2 Å². The van der Waals surface area contributed by atoms with E-state index in [4.69, 9.17) is 5.11 Å². The predicted octanol–water partition coefficient (Wildman–Crippen LogP) is 2.36. The van der Waals surface area contributed by atoms with Crippen molar-refractivity contribution in [1.82, 2.24) is 4.98 Å². The maximum atomic E-state index is 12.5. The summed E-state index contributed by atoms with van der Waals surface area (Å²) in [5.41, 5.74) is -1.10. The van der Waals surface area contributed by atoms with E-state index in [0.29, 0.717) is 0 Å². The van der Waals surface area contributed by atoms with Gasteiger partial charge in [0.25, 0.3) is 0 Å². The van der Waals surface area contributed by atoms with Crippen molar-refractivity contribution in [3.05, 3.63) is 29.6 Å². The van der Waals surface area contributed by atoms with Crippen LogP contribution in [-0.4, -0.2) is 16.1 Å². The van der Waals surface area contributed by atoms with E-state index in [1.165, 1.54) is 19.2 Å². The molecule has 3 nitrogen and oxygen atoms in total. The fraction of sp³-hybridized carbons (Fsp3) is 0.400. The lowest BCUT2D eigenvalue weighted by molar-refractivity contribution is -0.143. The molecule has 0 aliphatic carbocycles. The van der Waals surface area contributed by atoms with E-state index in [9.17, 15) is 18.0 Å². The highest BCUT2D eigenvalue weighted by Crippen LogP contribution is 2.31. The molecule has 1 aromatic rings. The third-order valence-corrected chi connectivity index (χ3v) is 2.12. The number of halogens is 3. The zero-order valence-electron chi connectivity index (χ0n) is 8.45. The van der Waals surface area contributed by atoms with Crippen LogP contribution in [0.5, 0.6) is 0 Å². The first-order chi connectivity index (χ1) is 7.32. The lowest BCUT2D eigenvalue weighted by Crippen LogP contribution is -2.17. The molecule has 1 aromatic heterocycles. The summed E-state index contributed by atoms with van der Waals surface area (Å²) in [7, 11) is 0. The van der Waals surface area contributed by atoms with Crippen molar-refractivity contribution in [1.29, 1.82) is 0 Å². The Hall–Kier alpha value is -1.59. The van der Waals surface area contributed by atoms with Crippen molar-refractivity contribution in [2.24, 2.45) is 5.92 Å². The van der Waals surface area contributed by atoms with Gasteiger partial charge >= 0.3 is 12.1 Å². The van der Waals surface area contributed by atoms with Crippen LogP contribution >= 0.6 is 0 Å². The van der Waals surface area contributed by atoms with Crippen molar-refractivity contribution in [2.75, 3.05) is 0 Å². The van der Waals surface area contributed by atoms with Crippen LogP contribution < -0.4 is 0 Å². The number of carboxylic acid groups (broad SMARTS) is 1. The third kappa shape index (κ3) is 2.95. The van der Waals surface area contributed by atoms with Gasteiger partial charge in [0, 0.05) is 12.6 Å². The molecule has 88 valence electrons. The molecular weight excluding hydrogens is 223 g/mol. The Balaban J connectivity index is 3.01. The lowest BCUT2D eigenvalue weighted by Gasteiger charge is -2.12. The van der Waals surface area contributed by atoms with Crippen LogP contribution in [0.4, 0.5) is 13.2 Å². The fourth-order valence-electron chi connectivity index (χ4n) is 1.24. The molecule has 1 atom stereocenters. The van der Waals surface area contributed by atoms with Crippen LogP contribution in [0.25, 0.3) is 0 Å². The Morgan fingerprint density at radius 1 is 1.56 bits per heavy atom. The summed E-state index contributed by atoms with van der Waals surface area (Å²) in [6, 6.07) is 2.08. The van der Waals surface area contributed by atoms with Gasteiger partial charge in [-0.15, -0.1) is 0 Å². The Morgan fingerprint density at radius 2 is 2.19 bits per heavy atom. The molecule has 6 heteroatoms. The second-order valence-electron chi connectivity index (χ2n) is 3.44. The van der Waals surface area contributed by atoms with Crippen molar-refractivity contribution in [3.8, 4) is 0 Å². The van der Waals surface area contributed by atoms with Crippen molar-refractivity contribution in [2.45, 2.75) is 19.5 Å². The lowest BCUT2D eigenvalue weighted by atomic mass is 10.0. The van der Waals surface area contributed by atoms with Crippen LogP contribution in [0, 0.1) is 5.92 Å². The summed E-state index contributed by atoms with van der Waals surface area (Å²) in [6.45, 7) is 1.34. The molecule has 16 heavy (non-hydrogen) atoms. The van der Waals surface area contributed by atoms with E-state index >= 15 is 0 Å². The first kappa shape index (κ1) is 12.5. The number of aromatic nitrogens is 1. The summed E-state index contributed by atoms with van der Waals surface area (Å²) in [5, 5.41) is 8.63. The summed E-state index contributed by atoms with van der Waals surface area (Å²) in [6.07, 6.45) is -3.51. The van der Waals surface area contributed by atoms with Gasteiger partial charge in [-0.25, -0.2) is 0 Å². The van der Waals surface area contributed by atoms with Crippen molar-refractivity contribution in [3.63, 3.8) is 0 Å². The van der Waals surface area contributed by atoms with Gasteiger partial charge in [0.15, 0.2) is 0 Å². The van der Waals surface area contributed by atoms with E-state index in [0.717, 1.165) is 6.07 Å². The molecule has 1 N–H and O–H groups in total. The van der Waals surface area contributed by atoms with Crippen LogP contribution in [0.2, 0.25) is 0 Å². The smallest absolute Gasteiger partial charge is 0.418 e. The number of rotatable bonds is 3. The maximum absolute atomic E-state index is 12.5. The second-order valence-corrected chi connectivity index (χ2v) is 3.44. The number of carboxylic acids is 1. The van der Waals surface area contributed by atoms with Gasteiger partial charge in [-0.3, -0.25) is 9.78 Å². The molecule has 1 rings (SSSR count). The van der Waals surface area contributed by atoms with Crippen LogP contribution in [0.3, 0.4) is 0 Å². The minimum atomic E-state index is -4.50. The average Bonchev–Trinajstić information content (AvgIpc) is 2.16. The zero-order valence-corrected chi connectivity index (χ0v) is 8.45. The summed E-state index contributed by atoms with van der Waals surface area (Å²) >= 11 is 0. The molecule has 0 aliphatic rings. The van der Waals surface area contributed by atoms with E-state index in [-0.39, 0.29) is 12.1 Å². The first-order valence-corrected chi connectivity index (χ1v) is 4.56. The second kappa shape index (κ2) is 4.51. The normalized spacial score (nSPS) is 13.5. The minimum absolute atomic E-state index is 0.231. The van der Waals surface area contributed by atoms with Crippen LogP contribution in [0.15, 0.2) is 18.3 Å². The third-order valence-electron chi connectivity index (χ3n) is 2.12. The molecule has 0 aromatic carbocycles. The minimum Gasteiger partial charge on any atom is -0.481 e. The average molecular weight is 233 g/mol. The number of nitrogens with zero attached hydrogens (tertiary/aromatic N) is 1. The van der Waals surface area contributed by atoms with E-state index in [1.807, 2.05) is 0 Å². The highest BCUT2D eigenvalue weighted by atomic mass is 19.4. The van der Waals surface area contributed by atoms with Gasteiger partial charge in [0.2, 0.25) is 0 Å². The quantitative estimate of drug-likeness (QED) is 0.871. The standard InChI is InChI=1S/C10H10F3NO2/c1-6(9(15)16)5-8-7(10(11,12)13)3-2-4-14-8/h2-4,6H,5H2,1H3,(H,15,16). The largest absolute Gasteiger partial charge is 0.481 e. The summed E-state index contributed by atoms with van der Waals surface area (Å²) in [5.74, 6) is -2.03. The highest BCUT2D eigenvalue weighted by Gasteiger charge is 2.34. The van der Waals surface area contributed by atoms with Crippen LogP contribution in [0.1, 0.15) is 18.2 Å². The Kier molecular flexibility index (Phi) is 3.51. The topological polar surface area (TPSA) is 50.2 Å². The van der Waals surface area contributed by atoms with Gasteiger partial charge in [-0.2, -0.15) is 13.2 Å². The van der Waals surface area contributed by atoms with Gasteiger partial charge in [-0.1, -0.05) is 6.92 Å². The van der Waals surface area contributed by atoms with Crippen molar-refractivity contribution >= 4 is 5.97 Å². The molecule has 0 saturated heterocycles. The molecule has 1 unspecified atom stereocenters. The van der Waals surface area contributed by atoms with Crippen LogP contribution in [-0.2, 0) is 17.4 Å². The SMILES string of the molecule is CC(Cc1ncccc1C(F)(F)F)C(=O)O. The Labute approximate surface area is 89.9 Å². The molecule has 0 spiro atoms. The molecule has 0 amide bonds. The number of alkyl halides is 3. The molecule has 0 saturated carbocycles. The Morgan fingerprint density at radius 3 is 2.69 bits per heavy atom. The van der Waals surface area contributed by atoms with Gasteiger partial charge in [-0.05, 0) is 12.1 Å². The highest BCUT2D eigenvalue weighted by molar-refractivity contribution is 5.69. The molecular formula is C10H10F3NO2. The molecule has 0 radical (unpaired) electrons. The summed E-state index contributed by atoms with van der Waals surface area (Å²) < 4.78 is 37.5. The van der Waals surface area contributed by atoms with Gasteiger partial charge in [0.1, 0.15) is 0 Å². The zero-order chi connectivity index (χ0) is 12.3.